The summed E-state index contributed by atoms with van der Waals surface area (Å²) >= 11 is 7.90. The van der Waals surface area contributed by atoms with Gasteiger partial charge in [-0.3, -0.25) is 20.5 Å². The standard InChI is InChI=1S/C20H29ClN6OS/c1-5-15(19(28)26(6-2)7-3)29-20-23-18-16(12(4)24-25-18)17(22)27(20)14-11-9-8-10-13(14)21/h8-12,15-16,18,22,24-25H,5-7H2,1-4H3. The van der Waals surface area contributed by atoms with Crippen LogP contribution in [0.25, 0.3) is 0 Å². The topological polar surface area (TPSA) is 83.8 Å². The van der Waals surface area contributed by atoms with Crippen molar-refractivity contribution < 1.29 is 4.79 Å². The third kappa shape index (κ3) is 4.30. The first-order valence-corrected chi connectivity index (χ1v) is 11.4. The van der Waals surface area contributed by atoms with Gasteiger partial charge in [0.25, 0.3) is 0 Å². The Hall–Kier alpha value is -1.61. The third-order valence-corrected chi connectivity index (χ3v) is 7.04. The molecule has 3 rings (SSSR count). The van der Waals surface area contributed by atoms with Crippen LogP contribution in [0.4, 0.5) is 5.69 Å². The maximum Gasteiger partial charge on any atom is 0.236 e. The number of hydrazine groups is 1. The minimum absolute atomic E-state index is 0.0621. The van der Waals surface area contributed by atoms with E-state index in [0.717, 1.165) is 0 Å². The molecule has 0 spiro atoms. The number of hydrogen-bond donors (Lipinski definition) is 3. The van der Waals surface area contributed by atoms with Crippen LogP contribution in [-0.4, -0.2) is 52.4 Å². The molecule has 7 nitrogen and oxygen atoms in total. The van der Waals surface area contributed by atoms with Crippen molar-refractivity contribution >= 4 is 46.0 Å². The molecule has 0 saturated carbocycles. The van der Waals surface area contributed by atoms with Crippen molar-refractivity contribution in [3.8, 4) is 0 Å². The number of carbonyl (C=O) groups excluding carboxylic acids is 1. The number of para-hydroxylation sites is 1. The van der Waals surface area contributed by atoms with Crippen molar-refractivity contribution in [1.82, 2.24) is 15.8 Å². The molecular weight excluding hydrogens is 408 g/mol. The Morgan fingerprint density at radius 2 is 2.00 bits per heavy atom. The highest BCUT2D eigenvalue weighted by molar-refractivity contribution is 8.15. The Labute approximate surface area is 181 Å². The third-order valence-electron chi connectivity index (χ3n) is 5.40. The molecule has 4 atom stereocenters. The van der Waals surface area contributed by atoms with Gasteiger partial charge in [-0.15, -0.1) is 0 Å². The van der Waals surface area contributed by atoms with Crippen molar-refractivity contribution in [1.29, 1.82) is 5.41 Å². The smallest absolute Gasteiger partial charge is 0.236 e. The summed E-state index contributed by atoms with van der Waals surface area (Å²) in [5, 5.41) is 9.84. The van der Waals surface area contributed by atoms with Crippen LogP contribution < -0.4 is 15.8 Å². The number of halogens is 1. The van der Waals surface area contributed by atoms with Gasteiger partial charge in [-0.1, -0.05) is 42.4 Å². The number of benzene rings is 1. The van der Waals surface area contributed by atoms with E-state index in [-0.39, 0.29) is 29.3 Å². The van der Waals surface area contributed by atoms with E-state index >= 15 is 0 Å². The van der Waals surface area contributed by atoms with E-state index in [1.54, 1.807) is 4.90 Å². The molecule has 0 aromatic heterocycles. The first-order chi connectivity index (χ1) is 13.9. The first-order valence-electron chi connectivity index (χ1n) is 10.1. The number of nitrogens with one attached hydrogen (secondary N) is 3. The number of amidine groups is 2. The van der Waals surface area contributed by atoms with Crippen molar-refractivity contribution in [2.75, 3.05) is 18.0 Å². The van der Waals surface area contributed by atoms with Crippen LogP contribution >= 0.6 is 23.4 Å². The number of fused-ring (bicyclic) bond motifs is 1. The monoisotopic (exact) mass is 436 g/mol. The quantitative estimate of drug-likeness (QED) is 0.637. The molecule has 0 aliphatic carbocycles. The highest BCUT2D eigenvalue weighted by Crippen LogP contribution is 2.36. The SMILES string of the molecule is CCC(SC1=NC2NNC(C)C2C(=N)N1c1ccccc1Cl)C(=O)N(CC)CC. The summed E-state index contributed by atoms with van der Waals surface area (Å²) in [4.78, 5) is 21.5. The van der Waals surface area contributed by atoms with E-state index in [4.69, 9.17) is 22.0 Å². The van der Waals surface area contributed by atoms with Crippen LogP contribution in [0.15, 0.2) is 29.3 Å². The zero-order valence-corrected chi connectivity index (χ0v) is 18.8. The summed E-state index contributed by atoms with van der Waals surface area (Å²) in [6.45, 7) is 9.37. The lowest BCUT2D eigenvalue weighted by atomic mass is 9.97. The lowest BCUT2D eigenvalue weighted by Gasteiger charge is -2.37. The Morgan fingerprint density at radius 1 is 1.31 bits per heavy atom. The van der Waals surface area contributed by atoms with Crippen LogP contribution in [0.1, 0.15) is 34.1 Å². The fraction of sp³-hybridized carbons (Fsp3) is 0.550. The summed E-state index contributed by atoms with van der Waals surface area (Å²) in [6, 6.07) is 7.53. The van der Waals surface area contributed by atoms with Gasteiger partial charge in [-0.05, 0) is 39.3 Å². The van der Waals surface area contributed by atoms with Crippen LogP contribution in [0.5, 0.6) is 0 Å². The van der Waals surface area contributed by atoms with Gasteiger partial charge in [0.15, 0.2) is 5.17 Å². The molecule has 0 radical (unpaired) electrons. The van der Waals surface area contributed by atoms with Gasteiger partial charge in [0, 0.05) is 19.1 Å². The van der Waals surface area contributed by atoms with Crippen LogP contribution in [0, 0.1) is 11.3 Å². The molecule has 2 aliphatic heterocycles. The highest BCUT2D eigenvalue weighted by Gasteiger charge is 2.44. The van der Waals surface area contributed by atoms with E-state index in [2.05, 4.69) is 10.9 Å². The van der Waals surface area contributed by atoms with Gasteiger partial charge in [-0.25, -0.2) is 10.4 Å². The van der Waals surface area contributed by atoms with Crippen LogP contribution in [0.3, 0.4) is 0 Å². The largest absolute Gasteiger partial charge is 0.342 e. The fourth-order valence-electron chi connectivity index (χ4n) is 3.72. The van der Waals surface area contributed by atoms with E-state index in [9.17, 15) is 4.79 Å². The van der Waals surface area contributed by atoms with Crippen molar-refractivity contribution in [3.05, 3.63) is 29.3 Å². The van der Waals surface area contributed by atoms with Gasteiger partial charge in [0.05, 0.1) is 21.9 Å². The number of aliphatic imine (C=N–C) groups is 1. The second-order valence-electron chi connectivity index (χ2n) is 7.16. The molecule has 1 fully saturated rings. The Balaban J connectivity index is 1.98. The summed E-state index contributed by atoms with van der Waals surface area (Å²) < 4.78 is 0. The summed E-state index contributed by atoms with van der Waals surface area (Å²) in [7, 11) is 0. The molecule has 9 heteroatoms. The normalized spacial score (nSPS) is 24.9. The molecular formula is C20H29ClN6OS. The second-order valence-corrected chi connectivity index (χ2v) is 8.73. The zero-order chi connectivity index (χ0) is 21.1. The summed E-state index contributed by atoms with van der Waals surface area (Å²) in [5.74, 6) is 0.411. The van der Waals surface area contributed by atoms with E-state index in [0.29, 0.717) is 41.2 Å². The Morgan fingerprint density at radius 3 is 2.62 bits per heavy atom. The van der Waals surface area contributed by atoms with E-state index in [1.165, 1.54) is 11.8 Å². The molecule has 2 aliphatic rings. The maximum atomic E-state index is 13.0. The second kappa shape index (κ2) is 9.47. The highest BCUT2D eigenvalue weighted by atomic mass is 35.5. The molecule has 1 aromatic carbocycles. The minimum Gasteiger partial charge on any atom is -0.342 e. The molecule has 29 heavy (non-hydrogen) atoms. The molecule has 1 aromatic rings. The van der Waals surface area contributed by atoms with Gasteiger partial charge in [0.2, 0.25) is 5.91 Å². The minimum atomic E-state index is -0.269. The Bertz CT molecular complexity index is 799. The molecule has 1 saturated heterocycles. The van der Waals surface area contributed by atoms with Gasteiger partial charge in [0.1, 0.15) is 12.0 Å². The maximum absolute atomic E-state index is 13.0. The predicted molar refractivity (Wildman–Crippen MR) is 122 cm³/mol. The predicted octanol–water partition coefficient (Wildman–Crippen LogP) is 3.31. The zero-order valence-electron chi connectivity index (χ0n) is 17.3. The first kappa shape index (κ1) is 22.1. The van der Waals surface area contributed by atoms with Crippen LogP contribution in [-0.2, 0) is 4.79 Å². The molecule has 1 amide bonds. The summed E-state index contributed by atoms with van der Waals surface area (Å²) in [6.07, 6.45) is 0.443. The lowest BCUT2D eigenvalue weighted by molar-refractivity contribution is -0.130. The molecule has 2 heterocycles. The number of thioether (sulfide) groups is 1. The molecule has 158 valence electrons. The van der Waals surface area contributed by atoms with Crippen molar-refractivity contribution in [2.45, 2.75) is 51.6 Å². The average Bonchev–Trinajstić information content (AvgIpc) is 3.09. The van der Waals surface area contributed by atoms with Crippen molar-refractivity contribution in [3.63, 3.8) is 0 Å². The number of anilines is 1. The number of carbonyl (C=O) groups is 1. The number of hydrogen-bond acceptors (Lipinski definition) is 6. The van der Waals surface area contributed by atoms with Gasteiger partial charge >= 0.3 is 0 Å². The van der Waals surface area contributed by atoms with Gasteiger partial charge in [-0.2, -0.15) is 0 Å². The molecule has 4 unspecified atom stereocenters. The van der Waals surface area contributed by atoms with E-state index in [1.807, 2.05) is 56.9 Å². The molecule has 3 N–H and O–H groups in total. The van der Waals surface area contributed by atoms with Crippen molar-refractivity contribution in [2.24, 2.45) is 10.9 Å². The number of nitrogens with zero attached hydrogens (tertiary/aromatic N) is 3. The van der Waals surface area contributed by atoms with Gasteiger partial charge < -0.3 is 4.90 Å². The van der Waals surface area contributed by atoms with Crippen LogP contribution in [0.2, 0.25) is 5.02 Å². The number of rotatable bonds is 6. The fourth-order valence-corrected chi connectivity index (χ4v) is 5.09. The lowest BCUT2D eigenvalue weighted by Crippen LogP contribution is -2.51. The molecule has 0 bridgehead atoms. The number of amides is 1. The van der Waals surface area contributed by atoms with E-state index < -0.39 is 0 Å². The Kier molecular flexibility index (Phi) is 7.21. The average molecular weight is 437 g/mol. The summed E-state index contributed by atoms with van der Waals surface area (Å²) in [5.41, 5.74) is 7.07.